The molecule has 4 aromatic rings. The zero-order chi connectivity index (χ0) is 34.0. The van der Waals surface area contributed by atoms with Crippen LogP contribution in [0.4, 0.5) is 4.79 Å². The smallest absolute Gasteiger partial charge is 0.345 e. The van der Waals surface area contributed by atoms with Gasteiger partial charge in [0, 0.05) is 0 Å². The molecule has 7 rings (SSSR count). The Morgan fingerprint density at radius 1 is 0.898 bits per heavy atom. The molecule has 0 saturated carbocycles. The average molecular weight is 674 g/mol. The summed E-state index contributed by atoms with van der Waals surface area (Å²) in [6.07, 6.45) is 0.954. The maximum absolute atomic E-state index is 14.8. The van der Waals surface area contributed by atoms with Crippen molar-refractivity contribution in [3.8, 4) is 0 Å². The second-order valence-electron chi connectivity index (χ2n) is 12.3. The quantitative estimate of drug-likeness (QED) is 0.147. The fourth-order valence-electron chi connectivity index (χ4n) is 6.56. The number of hydrazone groups is 1. The van der Waals surface area contributed by atoms with Gasteiger partial charge >= 0.3 is 12.0 Å². The van der Waals surface area contributed by atoms with E-state index < -0.39 is 40.4 Å². The number of hydrogen-bond acceptors (Lipinski definition) is 7. The SMILES string of the molecule is C[C@H]1CN(/N=C/c2ccccc2)C(=O)N1[C@]1(C(=O)OC(c2ccccc2)c2ccccc2)CN2C(=O)[C@@H](NC(=O)Cc3ccccc3)[C@H]2S1. The van der Waals surface area contributed by atoms with E-state index in [4.69, 9.17) is 4.74 Å². The molecule has 0 spiro atoms. The summed E-state index contributed by atoms with van der Waals surface area (Å²) in [5, 5.41) is 8.12. The number of nitrogens with one attached hydrogen (secondary N) is 1. The number of ether oxygens (including phenoxy) is 1. The summed E-state index contributed by atoms with van der Waals surface area (Å²) >= 11 is 1.17. The standard InChI is InChI=1S/C38H35N5O5S/c1-26-24-42(39-23-28-16-8-3-9-17-28)37(47)43(26)38(36(46)48-33(29-18-10-4-11-19-29)30-20-12-5-13-21-30)25-41-34(45)32(35(41)49-38)40-31(44)22-27-14-6-2-7-15-27/h2-21,23,26,32-33,35H,22,24-25H2,1H3,(H,40,44)/b39-23+/t26-,32+,35+,38+/m0/s1. The van der Waals surface area contributed by atoms with Gasteiger partial charge in [-0.15, -0.1) is 0 Å². The van der Waals surface area contributed by atoms with Gasteiger partial charge in [-0.2, -0.15) is 5.10 Å². The summed E-state index contributed by atoms with van der Waals surface area (Å²) in [6.45, 7) is 2.00. The van der Waals surface area contributed by atoms with Crippen molar-refractivity contribution in [3.63, 3.8) is 0 Å². The third-order valence-electron chi connectivity index (χ3n) is 8.95. The minimum atomic E-state index is -1.60. The van der Waals surface area contributed by atoms with Gasteiger partial charge in [0.2, 0.25) is 16.7 Å². The Bertz CT molecular complexity index is 1820. The van der Waals surface area contributed by atoms with Gasteiger partial charge in [-0.05, 0) is 29.2 Å². The van der Waals surface area contributed by atoms with Gasteiger partial charge < -0.3 is 15.0 Å². The van der Waals surface area contributed by atoms with Crippen molar-refractivity contribution in [3.05, 3.63) is 144 Å². The number of carbonyl (C=O) groups excluding carboxylic acids is 4. The van der Waals surface area contributed by atoms with Crippen LogP contribution in [0.3, 0.4) is 0 Å². The number of urea groups is 1. The molecular formula is C38H35N5O5S. The van der Waals surface area contributed by atoms with Gasteiger partial charge in [0.1, 0.15) is 11.4 Å². The van der Waals surface area contributed by atoms with Crippen molar-refractivity contribution < 1.29 is 23.9 Å². The van der Waals surface area contributed by atoms with Crippen LogP contribution < -0.4 is 5.32 Å². The Kier molecular flexibility index (Phi) is 8.92. The van der Waals surface area contributed by atoms with Crippen molar-refractivity contribution >= 4 is 41.8 Å². The largest absolute Gasteiger partial charge is 0.450 e. The van der Waals surface area contributed by atoms with Crippen LogP contribution in [-0.2, 0) is 25.5 Å². The monoisotopic (exact) mass is 673 g/mol. The molecule has 1 N–H and O–H groups in total. The molecule has 49 heavy (non-hydrogen) atoms. The van der Waals surface area contributed by atoms with Crippen LogP contribution in [0.2, 0.25) is 0 Å². The average Bonchev–Trinajstić information content (AvgIpc) is 3.64. The van der Waals surface area contributed by atoms with Gasteiger partial charge in [-0.25, -0.2) is 14.6 Å². The lowest BCUT2D eigenvalue weighted by Gasteiger charge is -2.41. The molecule has 3 fully saturated rings. The van der Waals surface area contributed by atoms with Crippen LogP contribution in [0.15, 0.2) is 126 Å². The minimum absolute atomic E-state index is 0.0896. The molecule has 0 aliphatic carbocycles. The summed E-state index contributed by atoms with van der Waals surface area (Å²) in [7, 11) is 0. The van der Waals surface area contributed by atoms with Crippen LogP contribution in [0.25, 0.3) is 0 Å². The Morgan fingerprint density at radius 2 is 1.47 bits per heavy atom. The van der Waals surface area contributed by atoms with E-state index in [1.54, 1.807) is 11.1 Å². The number of amides is 4. The molecule has 3 heterocycles. The molecule has 0 radical (unpaired) electrons. The summed E-state index contributed by atoms with van der Waals surface area (Å²) < 4.78 is 6.40. The second kappa shape index (κ2) is 13.6. The molecule has 0 aromatic heterocycles. The van der Waals surface area contributed by atoms with E-state index in [1.807, 2.05) is 128 Å². The first kappa shape index (κ1) is 32.1. The number of esters is 1. The third-order valence-corrected chi connectivity index (χ3v) is 10.6. The number of nitrogens with zero attached hydrogens (tertiary/aromatic N) is 4. The number of thioether (sulfide) groups is 1. The fourth-order valence-corrected chi connectivity index (χ4v) is 8.32. The molecule has 4 aromatic carbocycles. The zero-order valence-electron chi connectivity index (χ0n) is 26.8. The first-order chi connectivity index (χ1) is 23.8. The molecule has 3 aliphatic heterocycles. The summed E-state index contributed by atoms with van der Waals surface area (Å²) in [6, 6.07) is 35.8. The topological polar surface area (TPSA) is 112 Å². The second-order valence-corrected chi connectivity index (χ2v) is 13.7. The van der Waals surface area contributed by atoms with E-state index in [0.29, 0.717) is 0 Å². The van der Waals surface area contributed by atoms with E-state index in [0.717, 1.165) is 22.3 Å². The van der Waals surface area contributed by atoms with Crippen LogP contribution in [0, 0.1) is 0 Å². The normalized spacial score (nSPS) is 23.1. The maximum Gasteiger partial charge on any atom is 0.345 e. The first-order valence-corrected chi connectivity index (χ1v) is 17.0. The molecule has 4 atom stereocenters. The van der Waals surface area contributed by atoms with Crippen molar-refractivity contribution in [1.82, 2.24) is 20.1 Å². The van der Waals surface area contributed by atoms with E-state index in [2.05, 4.69) is 10.4 Å². The van der Waals surface area contributed by atoms with Gasteiger partial charge in [-0.3, -0.25) is 14.5 Å². The highest BCUT2D eigenvalue weighted by atomic mass is 32.2. The van der Waals surface area contributed by atoms with Crippen molar-refractivity contribution in [2.45, 2.75) is 41.8 Å². The van der Waals surface area contributed by atoms with Gasteiger partial charge in [0.15, 0.2) is 6.10 Å². The Balaban J connectivity index is 1.20. The highest BCUT2D eigenvalue weighted by Gasteiger charge is 2.68. The lowest BCUT2D eigenvalue weighted by Crippen LogP contribution is -2.67. The molecular weight excluding hydrogens is 639 g/mol. The molecule has 3 saturated heterocycles. The van der Waals surface area contributed by atoms with Crippen molar-refractivity contribution in [2.24, 2.45) is 5.10 Å². The van der Waals surface area contributed by atoms with Crippen LogP contribution in [0.1, 0.15) is 35.3 Å². The van der Waals surface area contributed by atoms with E-state index in [9.17, 15) is 19.2 Å². The number of carbonyl (C=O) groups is 4. The summed E-state index contributed by atoms with van der Waals surface area (Å²) in [4.78, 5) is 56.9. The highest BCUT2D eigenvalue weighted by Crippen LogP contribution is 2.51. The predicted octanol–water partition coefficient (Wildman–Crippen LogP) is 4.82. The number of hydrogen-bond donors (Lipinski definition) is 1. The molecule has 4 amide bonds. The lowest BCUT2D eigenvalue weighted by atomic mass is 10.0. The van der Waals surface area contributed by atoms with E-state index >= 15 is 0 Å². The van der Waals surface area contributed by atoms with Crippen molar-refractivity contribution in [1.29, 1.82) is 0 Å². The summed E-state index contributed by atoms with van der Waals surface area (Å²) in [5.41, 5.74) is 3.17. The highest BCUT2D eigenvalue weighted by molar-refractivity contribution is 8.02. The Labute approximate surface area is 288 Å². The maximum atomic E-state index is 14.8. The number of β-lactam (4-membered cyclic amide) rings is 1. The third kappa shape index (κ3) is 6.29. The fraction of sp³-hybridized carbons (Fsp3) is 0.237. The predicted molar refractivity (Wildman–Crippen MR) is 186 cm³/mol. The van der Waals surface area contributed by atoms with E-state index in [-0.39, 0.29) is 31.3 Å². The number of rotatable bonds is 10. The molecule has 10 nitrogen and oxygen atoms in total. The molecule has 3 aliphatic rings. The zero-order valence-corrected chi connectivity index (χ0v) is 27.6. The molecule has 0 bridgehead atoms. The van der Waals surface area contributed by atoms with Gasteiger partial charge in [0.05, 0.1) is 31.8 Å². The van der Waals surface area contributed by atoms with Gasteiger partial charge in [0.25, 0.3) is 0 Å². The molecule has 248 valence electrons. The first-order valence-electron chi connectivity index (χ1n) is 16.2. The Hall–Kier alpha value is -5.42. The summed E-state index contributed by atoms with van der Waals surface area (Å²) in [5.74, 6) is -1.26. The Morgan fingerprint density at radius 3 is 2.08 bits per heavy atom. The minimum Gasteiger partial charge on any atom is -0.450 e. The van der Waals surface area contributed by atoms with Crippen LogP contribution >= 0.6 is 11.8 Å². The van der Waals surface area contributed by atoms with Crippen LogP contribution in [0.5, 0.6) is 0 Å². The van der Waals surface area contributed by atoms with Crippen molar-refractivity contribution in [2.75, 3.05) is 13.1 Å². The van der Waals surface area contributed by atoms with E-state index in [1.165, 1.54) is 21.7 Å². The van der Waals surface area contributed by atoms with Gasteiger partial charge in [-0.1, -0.05) is 133 Å². The molecule has 0 unspecified atom stereocenters. The number of benzene rings is 4. The van der Waals surface area contributed by atoms with Crippen LogP contribution in [-0.4, -0.2) is 80.3 Å². The molecule has 11 heteroatoms. The number of fused-ring (bicyclic) bond motifs is 1. The lowest BCUT2D eigenvalue weighted by molar-refractivity contribution is -0.158.